The lowest BCUT2D eigenvalue weighted by Gasteiger charge is -2.15. The van der Waals surface area contributed by atoms with Crippen molar-refractivity contribution in [2.24, 2.45) is 0 Å². The number of fused-ring (bicyclic) bond motifs is 1. The molecule has 0 aromatic carbocycles. The summed E-state index contributed by atoms with van der Waals surface area (Å²) in [5.74, 6) is -0.636. The number of rotatable bonds is 5. The molecule has 9 heteroatoms. The third-order valence-corrected chi connectivity index (χ3v) is 7.23. The Morgan fingerprint density at radius 1 is 1.33 bits per heavy atom. The minimum absolute atomic E-state index is 0.279. The van der Waals surface area contributed by atoms with Gasteiger partial charge in [0.05, 0.1) is 12.9 Å². The van der Waals surface area contributed by atoms with Crippen molar-refractivity contribution >= 4 is 39.8 Å². The highest BCUT2D eigenvalue weighted by Gasteiger charge is 2.38. The molecule has 0 saturated carbocycles. The van der Waals surface area contributed by atoms with Crippen LogP contribution >= 0.6 is 22.7 Å². The second-order valence-electron chi connectivity index (χ2n) is 6.90. The van der Waals surface area contributed by atoms with Gasteiger partial charge in [-0.3, -0.25) is 9.36 Å². The lowest BCUT2D eigenvalue weighted by atomic mass is 10.2. The van der Waals surface area contributed by atoms with Crippen LogP contribution in [0.4, 0.5) is 0 Å². The highest BCUT2D eigenvalue weighted by atomic mass is 32.1. The average molecular weight is 443 g/mol. The van der Waals surface area contributed by atoms with Crippen LogP contribution in [0.15, 0.2) is 48.2 Å². The van der Waals surface area contributed by atoms with Crippen LogP contribution < -0.4 is 0 Å². The number of ether oxygens (including phenoxy) is 2. The third-order valence-electron chi connectivity index (χ3n) is 5.05. The van der Waals surface area contributed by atoms with E-state index in [0.717, 1.165) is 16.0 Å². The van der Waals surface area contributed by atoms with Crippen molar-refractivity contribution in [3.05, 3.63) is 48.2 Å². The maximum atomic E-state index is 11.5. The number of carbonyl (C=O) groups excluding carboxylic acids is 1. The first-order valence-electron chi connectivity index (χ1n) is 10.1. The van der Waals surface area contributed by atoms with E-state index in [0.29, 0.717) is 12.1 Å². The fraction of sp³-hybridized carbons (Fsp3) is 0.286. The molecule has 5 heterocycles. The van der Waals surface area contributed by atoms with Crippen LogP contribution in [-0.2, 0) is 14.3 Å². The van der Waals surface area contributed by atoms with E-state index >= 15 is 0 Å². The number of aliphatic hydroxyl groups is 1. The van der Waals surface area contributed by atoms with E-state index in [1.54, 1.807) is 35.2 Å². The van der Waals surface area contributed by atoms with Gasteiger partial charge < -0.3 is 14.6 Å². The number of esters is 1. The van der Waals surface area contributed by atoms with Crippen LogP contribution in [-0.4, -0.2) is 44.4 Å². The fourth-order valence-corrected chi connectivity index (χ4v) is 5.57. The molecular formula is C21H19N3O4S2. The molecule has 4 aromatic heterocycles. The zero-order chi connectivity index (χ0) is 21.4. The normalized spacial score (nSPS) is 21.8. The quantitative estimate of drug-likeness (QED) is 0.468. The van der Waals surface area contributed by atoms with Gasteiger partial charge in [-0.15, -0.1) is 22.7 Å². The first-order valence-corrected chi connectivity index (χ1v) is 11.1. The summed E-state index contributed by atoms with van der Waals surface area (Å²) >= 11 is 3.42. The minimum atomic E-state index is -0.646. The van der Waals surface area contributed by atoms with E-state index < -0.39 is 31.3 Å². The number of imidazole rings is 1. The highest BCUT2D eigenvalue weighted by molar-refractivity contribution is 7.23. The monoisotopic (exact) mass is 442 g/mol. The lowest BCUT2D eigenvalue weighted by molar-refractivity contribution is -0.150. The molecule has 0 amide bonds. The van der Waals surface area contributed by atoms with Crippen molar-refractivity contribution in [1.29, 1.82) is 0 Å². The molecule has 30 heavy (non-hydrogen) atoms. The maximum Gasteiger partial charge on any atom is 0.302 e. The van der Waals surface area contributed by atoms with Crippen molar-refractivity contribution in [3.63, 3.8) is 0 Å². The summed E-state index contributed by atoms with van der Waals surface area (Å²) in [7, 11) is 0. The van der Waals surface area contributed by atoms with Gasteiger partial charge >= 0.3 is 5.97 Å². The van der Waals surface area contributed by atoms with Crippen molar-refractivity contribution < 1.29 is 20.7 Å². The molecule has 0 radical (unpaired) electrons. The molecule has 0 bridgehead atoms. The van der Waals surface area contributed by atoms with E-state index in [-0.39, 0.29) is 6.61 Å². The number of nitrogens with zero attached hydrogens (tertiary/aromatic N) is 3. The van der Waals surface area contributed by atoms with Crippen LogP contribution in [0, 0.1) is 0 Å². The van der Waals surface area contributed by atoms with Crippen LogP contribution in [0.1, 0.15) is 20.9 Å². The van der Waals surface area contributed by atoms with E-state index in [2.05, 4.69) is 33.5 Å². The van der Waals surface area contributed by atoms with Gasteiger partial charge in [-0.05, 0) is 29.6 Å². The number of aromatic nitrogens is 3. The second kappa shape index (κ2) is 7.92. The van der Waals surface area contributed by atoms with Gasteiger partial charge in [0.25, 0.3) is 0 Å². The number of hydrogen-bond donors (Lipinski definition) is 1. The van der Waals surface area contributed by atoms with Crippen LogP contribution in [0.5, 0.6) is 0 Å². The number of hydrogen-bond acceptors (Lipinski definition) is 8. The number of carbonyl (C=O) groups is 1. The Labute approximate surface area is 182 Å². The Morgan fingerprint density at radius 2 is 2.23 bits per heavy atom. The lowest BCUT2D eigenvalue weighted by Crippen LogP contribution is -2.29. The van der Waals surface area contributed by atoms with Crippen LogP contribution in [0.3, 0.4) is 0 Å². The molecule has 0 spiro atoms. The van der Waals surface area contributed by atoms with Gasteiger partial charge in [0.15, 0.2) is 5.65 Å². The van der Waals surface area contributed by atoms with Crippen molar-refractivity contribution in [1.82, 2.24) is 14.5 Å². The Hall–Kier alpha value is -2.59. The molecule has 3 atom stereocenters. The van der Waals surface area contributed by atoms with Crippen molar-refractivity contribution in [3.8, 4) is 20.2 Å². The minimum Gasteiger partial charge on any atom is -0.460 e. The number of aliphatic hydroxyl groups excluding tert-OH is 1. The molecule has 4 aromatic rings. The molecule has 1 N–H and O–H groups in total. The number of pyridine rings is 1. The standard InChI is InChI=1S/C21H19N3O4S2/c1-12(26)27-14-9-19(28-15(14)10-25)24-11-23-20-13(6-7-22-21(20)24)16-4-5-18(30-16)17-3-2-8-29-17/h2-8,11,14-15,19,25H,9-10H2,1H3/t14-,15+,19?/m0/s1/i1D. The molecule has 1 aliphatic rings. The fourth-order valence-electron chi connectivity index (χ4n) is 3.71. The molecule has 1 fully saturated rings. The second-order valence-corrected chi connectivity index (χ2v) is 8.93. The SMILES string of the molecule is [2H]CC(=O)O[C@H]1CC(n2cnc3c(-c4ccc(-c5cccs5)s4)ccnc32)O[C@@H]1CO. The molecule has 5 rings (SSSR count). The van der Waals surface area contributed by atoms with E-state index in [4.69, 9.17) is 10.8 Å². The molecule has 0 aliphatic carbocycles. The summed E-state index contributed by atoms with van der Waals surface area (Å²) in [6.07, 6.45) is 2.04. The number of thiophene rings is 2. The first kappa shape index (κ1) is 18.2. The first-order chi connectivity index (χ1) is 15.2. The molecule has 1 saturated heterocycles. The van der Waals surface area contributed by atoms with Crippen LogP contribution in [0.25, 0.3) is 31.4 Å². The summed E-state index contributed by atoms with van der Waals surface area (Å²) in [5.41, 5.74) is 2.42. The molecular weight excluding hydrogens is 422 g/mol. The summed E-state index contributed by atoms with van der Waals surface area (Å²) in [5, 5.41) is 11.7. The summed E-state index contributed by atoms with van der Waals surface area (Å²) in [6.45, 7) is -0.745. The Morgan fingerprint density at radius 3 is 3.03 bits per heavy atom. The average Bonchev–Trinajstić information content (AvgIpc) is 3.58. The smallest absolute Gasteiger partial charge is 0.302 e. The zero-order valence-corrected chi connectivity index (χ0v) is 17.4. The Balaban J connectivity index is 1.46. The summed E-state index contributed by atoms with van der Waals surface area (Å²) in [6, 6.07) is 10.3. The van der Waals surface area contributed by atoms with Crippen LogP contribution in [0.2, 0.25) is 0 Å². The predicted octanol–water partition coefficient (Wildman–Crippen LogP) is 4.10. The molecule has 7 nitrogen and oxygen atoms in total. The van der Waals surface area contributed by atoms with E-state index in [1.807, 2.05) is 16.7 Å². The third kappa shape index (κ3) is 3.43. The molecule has 1 aliphatic heterocycles. The van der Waals surface area contributed by atoms with E-state index in [9.17, 15) is 9.90 Å². The van der Waals surface area contributed by atoms with Gasteiger partial charge in [0.1, 0.15) is 24.0 Å². The molecule has 154 valence electrons. The van der Waals surface area contributed by atoms with Gasteiger partial charge in [-0.2, -0.15) is 0 Å². The molecule has 1 unspecified atom stereocenters. The predicted molar refractivity (Wildman–Crippen MR) is 115 cm³/mol. The maximum absolute atomic E-state index is 11.5. The Kier molecular flexibility index (Phi) is 4.80. The van der Waals surface area contributed by atoms with Crippen molar-refractivity contribution in [2.45, 2.75) is 31.8 Å². The topological polar surface area (TPSA) is 86.5 Å². The summed E-state index contributed by atoms with van der Waals surface area (Å²) < 4.78 is 20.1. The van der Waals surface area contributed by atoms with Crippen molar-refractivity contribution in [2.75, 3.05) is 6.61 Å². The Bertz CT molecular complexity index is 1210. The largest absolute Gasteiger partial charge is 0.460 e. The van der Waals surface area contributed by atoms with Gasteiger partial charge in [-0.25, -0.2) is 9.97 Å². The van der Waals surface area contributed by atoms with E-state index in [1.165, 1.54) is 9.75 Å². The van der Waals surface area contributed by atoms with Gasteiger partial charge in [-0.1, -0.05) is 6.07 Å². The summed E-state index contributed by atoms with van der Waals surface area (Å²) in [4.78, 5) is 24.2. The van der Waals surface area contributed by atoms with Gasteiger partial charge in [0.2, 0.25) is 0 Å². The highest BCUT2D eigenvalue weighted by Crippen LogP contribution is 2.39. The zero-order valence-electron chi connectivity index (χ0n) is 16.8. The van der Waals surface area contributed by atoms with Gasteiger partial charge in [0, 0.05) is 41.1 Å².